The molecule has 5 heteroatoms. The molecule has 0 spiro atoms. The van der Waals surface area contributed by atoms with E-state index in [2.05, 4.69) is 0 Å². The minimum absolute atomic E-state index is 0.192. The Morgan fingerprint density at radius 1 is 1.00 bits per heavy atom. The summed E-state index contributed by atoms with van der Waals surface area (Å²) in [4.78, 5) is 23.2. The maximum absolute atomic E-state index is 11.6. The number of esters is 2. The van der Waals surface area contributed by atoms with Crippen LogP contribution in [0.15, 0.2) is 0 Å². The van der Waals surface area contributed by atoms with E-state index < -0.39 is 0 Å². The molecule has 0 amide bonds. The van der Waals surface area contributed by atoms with Crippen molar-refractivity contribution in [1.82, 2.24) is 0 Å². The fourth-order valence-corrected chi connectivity index (χ4v) is 2.87. The summed E-state index contributed by atoms with van der Waals surface area (Å²) in [5, 5.41) is -0.388. The lowest BCUT2D eigenvalue weighted by Crippen LogP contribution is -2.20. The Bertz CT molecular complexity index is 241. The van der Waals surface area contributed by atoms with Crippen LogP contribution < -0.4 is 0 Å². The van der Waals surface area contributed by atoms with Crippen molar-refractivity contribution in [3.05, 3.63) is 0 Å². The molecule has 4 nitrogen and oxygen atoms in total. The number of thioether (sulfide) groups is 1. The molecule has 0 N–H and O–H groups in total. The third-order valence-electron chi connectivity index (χ3n) is 2.44. The van der Waals surface area contributed by atoms with E-state index in [1.165, 1.54) is 11.8 Å². The quantitative estimate of drug-likeness (QED) is 0.685. The van der Waals surface area contributed by atoms with Crippen molar-refractivity contribution in [2.24, 2.45) is 0 Å². The van der Waals surface area contributed by atoms with Crippen LogP contribution in [0.5, 0.6) is 0 Å². The predicted molar refractivity (Wildman–Crippen MR) is 66.9 cm³/mol. The van der Waals surface area contributed by atoms with Gasteiger partial charge in [0.05, 0.1) is 13.2 Å². The van der Waals surface area contributed by atoms with Crippen LogP contribution in [0.2, 0.25) is 0 Å². The van der Waals surface area contributed by atoms with E-state index in [4.69, 9.17) is 9.47 Å². The summed E-state index contributed by atoms with van der Waals surface area (Å²) in [5.74, 6) is -0.384. The SMILES string of the molecule is CCCOC(=O)C1CCC(C(=O)OCCC)S1. The molecule has 0 aromatic carbocycles. The van der Waals surface area contributed by atoms with Gasteiger partial charge in [-0.1, -0.05) is 13.8 Å². The summed E-state index contributed by atoms with van der Waals surface area (Å²) >= 11 is 1.38. The van der Waals surface area contributed by atoms with Gasteiger partial charge >= 0.3 is 11.9 Å². The second-order valence-electron chi connectivity index (χ2n) is 4.03. The molecule has 0 saturated carbocycles. The van der Waals surface area contributed by atoms with E-state index in [1.54, 1.807) is 0 Å². The molecule has 2 unspecified atom stereocenters. The number of rotatable bonds is 6. The van der Waals surface area contributed by atoms with Gasteiger partial charge in [0.1, 0.15) is 10.5 Å². The van der Waals surface area contributed by atoms with Crippen LogP contribution >= 0.6 is 11.8 Å². The minimum Gasteiger partial charge on any atom is -0.465 e. The second kappa shape index (κ2) is 7.58. The highest BCUT2D eigenvalue weighted by Gasteiger charge is 2.36. The van der Waals surface area contributed by atoms with Gasteiger partial charge in [-0.05, 0) is 25.7 Å². The van der Waals surface area contributed by atoms with E-state index >= 15 is 0 Å². The van der Waals surface area contributed by atoms with Crippen LogP contribution in [0.25, 0.3) is 0 Å². The average molecular weight is 260 g/mol. The lowest BCUT2D eigenvalue weighted by molar-refractivity contribution is -0.144. The van der Waals surface area contributed by atoms with Crippen molar-refractivity contribution in [1.29, 1.82) is 0 Å². The lowest BCUT2D eigenvalue weighted by atomic mass is 10.2. The van der Waals surface area contributed by atoms with Crippen molar-refractivity contribution in [2.45, 2.75) is 50.0 Å². The Kier molecular flexibility index (Phi) is 6.40. The van der Waals surface area contributed by atoms with E-state index in [9.17, 15) is 9.59 Å². The highest BCUT2D eigenvalue weighted by atomic mass is 32.2. The van der Waals surface area contributed by atoms with E-state index in [0.29, 0.717) is 26.1 Å². The fraction of sp³-hybridized carbons (Fsp3) is 0.833. The molecule has 1 rings (SSSR count). The Morgan fingerprint density at radius 3 is 1.76 bits per heavy atom. The van der Waals surface area contributed by atoms with Crippen molar-refractivity contribution in [3.63, 3.8) is 0 Å². The standard InChI is InChI=1S/C12H20O4S/c1-3-7-15-11(13)9-5-6-10(17-9)12(14)16-8-4-2/h9-10H,3-8H2,1-2H3. The van der Waals surface area contributed by atoms with Gasteiger partial charge in [0, 0.05) is 0 Å². The lowest BCUT2D eigenvalue weighted by Gasteiger charge is -2.10. The van der Waals surface area contributed by atoms with Crippen LogP contribution in [0.3, 0.4) is 0 Å². The van der Waals surface area contributed by atoms with Crippen LogP contribution in [0.1, 0.15) is 39.5 Å². The normalized spacial score (nSPS) is 23.4. The number of carbonyl (C=O) groups excluding carboxylic acids is 2. The summed E-state index contributed by atoms with van der Waals surface area (Å²) in [5.41, 5.74) is 0. The molecular weight excluding hydrogens is 240 g/mol. The van der Waals surface area contributed by atoms with Crippen LogP contribution in [-0.2, 0) is 19.1 Å². The van der Waals surface area contributed by atoms with Gasteiger partial charge in [0.2, 0.25) is 0 Å². The molecule has 0 bridgehead atoms. The number of carbonyl (C=O) groups is 2. The highest BCUT2D eigenvalue weighted by molar-refractivity contribution is 8.02. The number of hydrogen-bond acceptors (Lipinski definition) is 5. The number of hydrogen-bond donors (Lipinski definition) is 0. The van der Waals surface area contributed by atoms with Crippen LogP contribution in [0.4, 0.5) is 0 Å². The molecular formula is C12H20O4S. The van der Waals surface area contributed by atoms with Gasteiger partial charge in [0.15, 0.2) is 0 Å². The zero-order valence-corrected chi connectivity index (χ0v) is 11.3. The molecule has 1 aliphatic heterocycles. The van der Waals surface area contributed by atoms with Gasteiger partial charge in [-0.3, -0.25) is 9.59 Å². The molecule has 0 aromatic heterocycles. The average Bonchev–Trinajstić information content (AvgIpc) is 2.82. The van der Waals surface area contributed by atoms with Gasteiger partial charge < -0.3 is 9.47 Å². The minimum atomic E-state index is -0.194. The third-order valence-corrected chi connectivity index (χ3v) is 3.96. The molecule has 0 aliphatic carbocycles. The van der Waals surface area contributed by atoms with E-state index in [0.717, 1.165) is 12.8 Å². The summed E-state index contributed by atoms with van der Waals surface area (Å²) in [6.07, 6.45) is 3.06. The van der Waals surface area contributed by atoms with Gasteiger partial charge in [-0.15, -0.1) is 11.8 Å². The van der Waals surface area contributed by atoms with Crippen molar-refractivity contribution < 1.29 is 19.1 Å². The summed E-state index contributed by atoms with van der Waals surface area (Å²) in [6, 6.07) is 0. The van der Waals surface area contributed by atoms with E-state index in [-0.39, 0.29) is 22.4 Å². The third kappa shape index (κ3) is 4.58. The second-order valence-corrected chi connectivity index (χ2v) is 5.44. The molecule has 1 aliphatic rings. The Labute approximate surface area is 106 Å². The maximum atomic E-state index is 11.6. The monoisotopic (exact) mass is 260 g/mol. The van der Waals surface area contributed by atoms with Gasteiger partial charge in [-0.2, -0.15) is 0 Å². The predicted octanol–water partition coefficient (Wildman–Crippen LogP) is 2.16. The molecule has 1 heterocycles. The molecule has 98 valence electrons. The molecule has 1 fully saturated rings. The first kappa shape index (κ1) is 14.4. The van der Waals surface area contributed by atoms with E-state index in [1.807, 2.05) is 13.8 Å². The smallest absolute Gasteiger partial charge is 0.319 e. The first-order valence-corrected chi connectivity index (χ1v) is 7.12. The summed E-state index contributed by atoms with van der Waals surface area (Å²) in [6.45, 7) is 4.83. The first-order chi connectivity index (χ1) is 8.19. The molecule has 1 saturated heterocycles. The Hall–Kier alpha value is -0.710. The van der Waals surface area contributed by atoms with Crippen molar-refractivity contribution in [2.75, 3.05) is 13.2 Å². The van der Waals surface area contributed by atoms with Gasteiger partial charge in [-0.25, -0.2) is 0 Å². The summed E-state index contributed by atoms with van der Waals surface area (Å²) < 4.78 is 10.1. The molecule has 17 heavy (non-hydrogen) atoms. The first-order valence-electron chi connectivity index (χ1n) is 6.17. The Balaban J connectivity index is 2.31. The molecule has 0 aromatic rings. The van der Waals surface area contributed by atoms with Gasteiger partial charge in [0.25, 0.3) is 0 Å². The zero-order valence-electron chi connectivity index (χ0n) is 10.4. The Morgan fingerprint density at radius 2 is 1.41 bits per heavy atom. The topological polar surface area (TPSA) is 52.6 Å². The van der Waals surface area contributed by atoms with Crippen LogP contribution in [0, 0.1) is 0 Å². The zero-order chi connectivity index (χ0) is 12.7. The molecule has 0 radical (unpaired) electrons. The maximum Gasteiger partial charge on any atom is 0.319 e. The largest absolute Gasteiger partial charge is 0.465 e. The fourth-order valence-electron chi connectivity index (χ4n) is 1.58. The summed E-state index contributed by atoms with van der Waals surface area (Å²) in [7, 11) is 0. The van der Waals surface area contributed by atoms with Crippen molar-refractivity contribution in [3.8, 4) is 0 Å². The highest BCUT2D eigenvalue weighted by Crippen LogP contribution is 2.35. The van der Waals surface area contributed by atoms with Crippen LogP contribution in [-0.4, -0.2) is 35.7 Å². The number of ether oxygens (including phenoxy) is 2. The van der Waals surface area contributed by atoms with Crippen molar-refractivity contribution >= 4 is 23.7 Å². The molecule has 2 atom stereocenters.